The van der Waals surface area contributed by atoms with E-state index in [1.807, 2.05) is 19.1 Å². The summed E-state index contributed by atoms with van der Waals surface area (Å²) in [5.41, 5.74) is 2.02. The molecule has 0 saturated carbocycles. The van der Waals surface area contributed by atoms with Crippen molar-refractivity contribution in [1.29, 1.82) is 0 Å². The Morgan fingerprint density at radius 1 is 1.08 bits per heavy atom. The molecule has 0 fully saturated rings. The van der Waals surface area contributed by atoms with Crippen LogP contribution in [0.2, 0.25) is 0 Å². The maximum Gasteiger partial charge on any atom is 0.335 e. The highest BCUT2D eigenvalue weighted by molar-refractivity contribution is 5.99. The van der Waals surface area contributed by atoms with Gasteiger partial charge in [0, 0.05) is 18.7 Å². The average molecular weight is 327 g/mol. The van der Waals surface area contributed by atoms with E-state index in [0.717, 1.165) is 5.56 Å². The van der Waals surface area contributed by atoms with Crippen molar-refractivity contribution in [3.05, 3.63) is 64.7 Å². The number of phenols is 1. The lowest BCUT2D eigenvalue weighted by Gasteiger charge is -2.26. The lowest BCUT2D eigenvalue weighted by molar-refractivity contribution is 0.0696. The molecule has 0 radical (unpaired) electrons. The van der Waals surface area contributed by atoms with Crippen molar-refractivity contribution in [3.63, 3.8) is 0 Å². The molecule has 1 amide bonds. The monoisotopic (exact) mass is 327 g/mol. The third-order valence-corrected chi connectivity index (χ3v) is 4.24. The third kappa shape index (κ3) is 3.74. The first-order chi connectivity index (χ1) is 11.3. The summed E-state index contributed by atoms with van der Waals surface area (Å²) in [5, 5.41) is 18.5. The fourth-order valence-corrected chi connectivity index (χ4v) is 2.60. The Kier molecular flexibility index (Phi) is 5.24. The number of aromatic hydroxyl groups is 1. The Balaban J connectivity index is 2.18. The van der Waals surface area contributed by atoms with E-state index in [-0.39, 0.29) is 23.3 Å². The minimum absolute atomic E-state index is 0.0741. The van der Waals surface area contributed by atoms with Crippen LogP contribution in [0, 0.1) is 6.92 Å². The van der Waals surface area contributed by atoms with Crippen molar-refractivity contribution in [2.45, 2.75) is 26.3 Å². The summed E-state index contributed by atoms with van der Waals surface area (Å²) in [7, 11) is 1.71. The Bertz CT molecular complexity index is 752. The molecule has 5 heteroatoms. The molecule has 24 heavy (non-hydrogen) atoms. The zero-order valence-corrected chi connectivity index (χ0v) is 14.0. The molecule has 0 aromatic heterocycles. The second-order valence-corrected chi connectivity index (χ2v) is 5.92. The van der Waals surface area contributed by atoms with E-state index < -0.39 is 5.97 Å². The molecule has 0 spiro atoms. The first kappa shape index (κ1) is 17.5. The first-order valence-corrected chi connectivity index (χ1v) is 7.69. The van der Waals surface area contributed by atoms with Gasteiger partial charge in [0.2, 0.25) is 0 Å². The maximum atomic E-state index is 12.7. The summed E-state index contributed by atoms with van der Waals surface area (Å²) >= 11 is 0. The van der Waals surface area contributed by atoms with Crippen molar-refractivity contribution in [2.75, 3.05) is 7.05 Å². The van der Waals surface area contributed by atoms with Gasteiger partial charge in [-0.15, -0.1) is 0 Å². The van der Waals surface area contributed by atoms with E-state index in [1.165, 1.54) is 6.07 Å². The highest BCUT2D eigenvalue weighted by Gasteiger charge is 2.21. The van der Waals surface area contributed by atoms with Crippen LogP contribution in [-0.4, -0.2) is 40.1 Å². The van der Waals surface area contributed by atoms with Gasteiger partial charge in [0.1, 0.15) is 5.75 Å². The van der Waals surface area contributed by atoms with Crippen LogP contribution in [-0.2, 0) is 6.42 Å². The molecule has 0 bridgehead atoms. The molecule has 126 valence electrons. The van der Waals surface area contributed by atoms with Crippen LogP contribution < -0.4 is 0 Å². The Hall–Kier alpha value is -2.82. The second kappa shape index (κ2) is 7.17. The first-order valence-electron chi connectivity index (χ1n) is 7.69. The Morgan fingerprint density at radius 2 is 1.67 bits per heavy atom. The largest absolute Gasteiger partial charge is 0.508 e. The summed E-state index contributed by atoms with van der Waals surface area (Å²) in [4.78, 5) is 25.6. The number of hydrogen-bond acceptors (Lipinski definition) is 3. The molecule has 0 saturated heterocycles. The van der Waals surface area contributed by atoms with E-state index in [1.54, 1.807) is 43.1 Å². The van der Waals surface area contributed by atoms with Gasteiger partial charge in [-0.3, -0.25) is 4.79 Å². The molecule has 0 aliphatic carbocycles. The molecule has 1 atom stereocenters. The minimum Gasteiger partial charge on any atom is -0.508 e. The van der Waals surface area contributed by atoms with Crippen LogP contribution in [0.3, 0.4) is 0 Å². The molecule has 1 unspecified atom stereocenters. The van der Waals surface area contributed by atoms with Gasteiger partial charge in [0.25, 0.3) is 5.91 Å². The van der Waals surface area contributed by atoms with E-state index in [0.29, 0.717) is 17.5 Å². The fraction of sp³-hybridized carbons (Fsp3) is 0.263. The lowest BCUT2D eigenvalue weighted by atomic mass is 10.00. The molecule has 0 aliphatic rings. The summed E-state index contributed by atoms with van der Waals surface area (Å²) in [6.07, 6.45) is 0.639. The van der Waals surface area contributed by atoms with Crippen LogP contribution in [0.25, 0.3) is 0 Å². The van der Waals surface area contributed by atoms with Gasteiger partial charge >= 0.3 is 5.97 Å². The number of hydrogen-bond donors (Lipinski definition) is 2. The van der Waals surface area contributed by atoms with E-state index in [2.05, 4.69) is 0 Å². The maximum absolute atomic E-state index is 12.7. The number of likely N-dealkylation sites (N-methyl/N-ethyl adjacent to an activating group) is 1. The fourth-order valence-electron chi connectivity index (χ4n) is 2.60. The van der Waals surface area contributed by atoms with Crippen molar-refractivity contribution >= 4 is 11.9 Å². The van der Waals surface area contributed by atoms with Gasteiger partial charge in [-0.25, -0.2) is 4.79 Å². The highest BCUT2D eigenvalue weighted by Crippen LogP contribution is 2.18. The molecule has 5 nitrogen and oxygen atoms in total. The van der Waals surface area contributed by atoms with Crippen LogP contribution in [0.15, 0.2) is 42.5 Å². The summed E-state index contributed by atoms with van der Waals surface area (Å²) < 4.78 is 0. The predicted octanol–water partition coefficient (Wildman–Crippen LogP) is 3.10. The van der Waals surface area contributed by atoms with Crippen LogP contribution >= 0.6 is 0 Å². The van der Waals surface area contributed by atoms with Crippen molar-refractivity contribution < 1.29 is 19.8 Å². The lowest BCUT2D eigenvalue weighted by Crippen LogP contribution is -2.37. The molecule has 2 rings (SSSR count). The zero-order chi connectivity index (χ0) is 17.9. The van der Waals surface area contributed by atoms with Crippen LogP contribution in [0.1, 0.15) is 38.8 Å². The van der Waals surface area contributed by atoms with Gasteiger partial charge in [-0.2, -0.15) is 0 Å². The number of amides is 1. The molecule has 0 aliphatic heterocycles. The van der Waals surface area contributed by atoms with E-state index >= 15 is 0 Å². The predicted molar refractivity (Wildman–Crippen MR) is 91.5 cm³/mol. The molecule has 2 aromatic rings. The SMILES string of the molecule is Cc1c(C(=O)O)cccc1C(=O)N(C)C(C)Cc1ccc(O)cc1. The number of phenolic OH excluding ortho intramolecular Hbond substituents is 1. The number of carbonyl (C=O) groups is 2. The number of carboxylic acids is 1. The number of rotatable bonds is 5. The van der Waals surface area contributed by atoms with Gasteiger partial charge in [0.15, 0.2) is 0 Å². The van der Waals surface area contributed by atoms with Crippen LogP contribution in [0.5, 0.6) is 5.75 Å². The van der Waals surface area contributed by atoms with Crippen molar-refractivity contribution in [2.24, 2.45) is 0 Å². The number of carbonyl (C=O) groups excluding carboxylic acids is 1. The second-order valence-electron chi connectivity index (χ2n) is 5.92. The van der Waals surface area contributed by atoms with Crippen molar-refractivity contribution in [1.82, 2.24) is 4.90 Å². The third-order valence-electron chi connectivity index (χ3n) is 4.24. The minimum atomic E-state index is -1.04. The van der Waals surface area contributed by atoms with Gasteiger partial charge < -0.3 is 15.1 Å². The highest BCUT2D eigenvalue weighted by atomic mass is 16.4. The molecule has 2 N–H and O–H groups in total. The summed E-state index contributed by atoms with van der Waals surface area (Å²) in [6.45, 7) is 3.58. The standard InChI is InChI=1S/C19H21NO4/c1-12(11-14-7-9-15(21)10-8-14)20(3)18(22)16-5-4-6-17(13(16)2)19(23)24/h4-10,12,21H,11H2,1-3H3,(H,23,24). The van der Waals surface area contributed by atoms with Crippen molar-refractivity contribution in [3.8, 4) is 5.75 Å². The normalized spacial score (nSPS) is 11.8. The molecular formula is C19H21NO4. The Labute approximate surface area is 141 Å². The quantitative estimate of drug-likeness (QED) is 0.884. The van der Waals surface area contributed by atoms with Crippen LogP contribution in [0.4, 0.5) is 0 Å². The number of benzene rings is 2. The molecule has 0 heterocycles. The van der Waals surface area contributed by atoms with Gasteiger partial charge in [0.05, 0.1) is 5.56 Å². The topological polar surface area (TPSA) is 77.8 Å². The number of nitrogens with zero attached hydrogens (tertiary/aromatic N) is 1. The van der Waals surface area contributed by atoms with E-state index in [9.17, 15) is 19.8 Å². The Morgan fingerprint density at radius 3 is 2.25 bits per heavy atom. The van der Waals surface area contributed by atoms with Gasteiger partial charge in [-0.05, 0) is 55.7 Å². The van der Waals surface area contributed by atoms with E-state index in [4.69, 9.17) is 0 Å². The molecule has 2 aromatic carbocycles. The average Bonchev–Trinajstić information content (AvgIpc) is 2.55. The van der Waals surface area contributed by atoms with Gasteiger partial charge in [-0.1, -0.05) is 18.2 Å². The summed E-state index contributed by atoms with van der Waals surface area (Å²) in [5.74, 6) is -1.04. The number of carboxylic acid groups (broad SMARTS) is 1. The smallest absolute Gasteiger partial charge is 0.335 e. The zero-order valence-electron chi connectivity index (χ0n) is 14.0. The molecular weight excluding hydrogens is 306 g/mol. The number of aromatic carboxylic acids is 1. The summed E-state index contributed by atoms with van der Waals surface area (Å²) in [6, 6.07) is 11.5.